The molecular weight excluding hydrogens is 251 g/mol. The lowest BCUT2D eigenvalue weighted by Crippen LogP contribution is -2.05. The van der Waals surface area contributed by atoms with Crippen LogP contribution in [0, 0.1) is 0 Å². The quantitative estimate of drug-likeness (QED) is 0.665. The number of hydrogen-bond donors (Lipinski definition) is 1. The highest BCUT2D eigenvalue weighted by Crippen LogP contribution is 2.25. The summed E-state index contributed by atoms with van der Waals surface area (Å²) in [4.78, 5) is -0.369. The van der Waals surface area contributed by atoms with Crippen molar-refractivity contribution >= 4 is 33.3 Å². The van der Waals surface area contributed by atoms with Gasteiger partial charge in [-0.1, -0.05) is 35.3 Å². The molecule has 1 rings (SSSR count). The maximum absolute atomic E-state index is 10.8. The molecule has 1 aromatic rings. The van der Waals surface area contributed by atoms with Crippen LogP contribution in [0.1, 0.15) is 0 Å². The first kappa shape index (κ1) is 11.6. The van der Waals surface area contributed by atoms with Crippen LogP contribution in [-0.2, 0) is 10.1 Å². The van der Waals surface area contributed by atoms with Gasteiger partial charge in [0.05, 0.1) is 0 Å². The summed E-state index contributed by atoms with van der Waals surface area (Å²) in [5.41, 5.74) is 0. The van der Waals surface area contributed by atoms with E-state index >= 15 is 0 Å². The van der Waals surface area contributed by atoms with E-state index in [-0.39, 0.29) is 10.6 Å². The van der Waals surface area contributed by atoms with Crippen molar-refractivity contribution in [1.29, 1.82) is 0 Å². The molecule has 78 valence electrons. The first-order chi connectivity index (χ1) is 6.41. The van der Waals surface area contributed by atoms with Crippen LogP contribution in [0.5, 0.6) is 5.75 Å². The lowest BCUT2D eigenvalue weighted by molar-refractivity contribution is 0.342. The standard InChI is InChI=1S/C7H6Cl2O4S/c8-7(9)13-5-3-1-2-4-6(5)14(10,11)12/h1-4,7H,(H,10,11,12). The Morgan fingerprint density at radius 1 is 1.29 bits per heavy atom. The number of ether oxygens (including phenoxy) is 1. The highest BCUT2D eigenvalue weighted by molar-refractivity contribution is 7.86. The van der Waals surface area contributed by atoms with E-state index in [1.807, 2.05) is 0 Å². The van der Waals surface area contributed by atoms with Crippen LogP contribution in [0.2, 0.25) is 0 Å². The molecule has 0 aromatic heterocycles. The second kappa shape index (κ2) is 4.35. The summed E-state index contributed by atoms with van der Waals surface area (Å²) in [5.74, 6) is -0.0926. The molecule has 0 bridgehead atoms. The fraction of sp³-hybridized carbons (Fsp3) is 0.143. The first-order valence-corrected chi connectivity index (χ1v) is 5.74. The molecule has 0 amide bonds. The van der Waals surface area contributed by atoms with Gasteiger partial charge in [0.1, 0.15) is 10.6 Å². The largest absolute Gasteiger partial charge is 0.459 e. The van der Waals surface area contributed by atoms with Crippen molar-refractivity contribution in [3.05, 3.63) is 24.3 Å². The van der Waals surface area contributed by atoms with Crippen molar-refractivity contribution in [2.75, 3.05) is 0 Å². The van der Waals surface area contributed by atoms with E-state index in [1.54, 1.807) is 0 Å². The van der Waals surface area contributed by atoms with Gasteiger partial charge in [0.2, 0.25) is 5.02 Å². The summed E-state index contributed by atoms with van der Waals surface area (Å²) in [5, 5.41) is -1.20. The molecule has 4 nitrogen and oxygen atoms in total. The van der Waals surface area contributed by atoms with Gasteiger partial charge in [-0.25, -0.2) is 0 Å². The van der Waals surface area contributed by atoms with Crippen LogP contribution >= 0.6 is 23.2 Å². The number of hydrogen-bond acceptors (Lipinski definition) is 3. The Labute approximate surface area is 91.1 Å². The van der Waals surface area contributed by atoms with E-state index in [2.05, 4.69) is 0 Å². The smallest absolute Gasteiger partial charge is 0.298 e. The highest BCUT2D eigenvalue weighted by Gasteiger charge is 2.17. The third kappa shape index (κ3) is 3.02. The molecule has 1 N–H and O–H groups in total. The zero-order chi connectivity index (χ0) is 10.8. The molecular formula is C7H6Cl2O4S. The molecule has 1 aromatic carbocycles. The van der Waals surface area contributed by atoms with Crippen molar-refractivity contribution in [3.8, 4) is 5.75 Å². The number of alkyl halides is 2. The molecule has 0 saturated carbocycles. The average molecular weight is 257 g/mol. The van der Waals surface area contributed by atoms with Gasteiger partial charge in [-0.15, -0.1) is 0 Å². The van der Waals surface area contributed by atoms with E-state index < -0.39 is 15.1 Å². The Hall–Kier alpha value is -0.490. The molecule has 0 aliphatic heterocycles. The van der Waals surface area contributed by atoms with Crippen LogP contribution in [0.15, 0.2) is 29.2 Å². The van der Waals surface area contributed by atoms with Gasteiger partial charge in [-0.2, -0.15) is 8.42 Å². The lowest BCUT2D eigenvalue weighted by Gasteiger charge is -2.08. The first-order valence-electron chi connectivity index (χ1n) is 3.42. The summed E-state index contributed by atoms with van der Waals surface area (Å²) in [7, 11) is -4.32. The van der Waals surface area contributed by atoms with Crippen LogP contribution < -0.4 is 4.74 Å². The van der Waals surface area contributed by atoms with Crippen LogP contribution in [0.25, 0.3) is 0 Å². The zero-order valence-electron chi connectivity index (χ0n) is 6.72. The van der Waals surface area contributed by atoms with E-state index in [0.717, 1.165) is 0 Å². The number of para-hydroxylation sites is 1. The van der Waals surface area contributed by atoms with Gasteiger partial charge in [0.25, 0.3) is 10.1 Å². The molecule has 7 heteroatoms. The minimum atomic E-state index is -4.32. The molecule has 14 heavy (non-hydrogen) atoms. The number of rotatable bonds is 3. The minimum absolute atomic E-state index is 0.0926. The summed E-state index contributed by atoms with van der Waals surface area (Å²) in [6.07, 6.45) is 0. The molecule has 0 aliphatic carbocycles. The highest BCUT2D eigenvalue weighted by atomic mass is 35.5. The van der Waals surface area contributed by atoms with Crippen molar-refractivity contribution in [3.63, 3.8) is 0 Å². The minimum Gasteiger partial charge on any atom is -0.459 e. The lowest BCUT2D eigenvalue weighted by atomic mass is 10.3. The topological polar surface area (TPSA) is 63.6 Å². The fourth-order valence-electron chi connectivity index (χ4n) is 0.857. The third-order valence-corrected chi connectivity index (χ3v) is 2.41. The monoisotopic (exact) mass is 256 g/mol. The normalized spacial score (nSPS) is 11.7. The number of benzene rings is 1. The predicted molar refractivity (Wildman–Crippen MR) is 52.4 cm³/mol. The molecule has 0 fully saturated rings. The Morgan fingerprint density at radius 2 is 1.86 bits per heavy atom. The Bertz CT molecular complexity index is 415. The average Bonchev–Trinajstić information content (AvgIpc) is 2.01. The molecule has 0 heterocycles. The predicted octanol–water partition coefficient (Wildman–Crippen LogP) is 2.07. The molecule has 0 spiro atoms. The van der Waals surface area contributed by atoms with Crippen molar-refractivity contribution in [1.82, 2.24) is 0 Å². The van der Waals surface area contributed by atoms with Gasteiger partial charge in [-0.3, -0.25) is 4.55 Å². The zero-order valence-corrected chi connectivity index (χ0v) is 9.05. The van der Waals surface area contributed by atoms with Crippen molar-refractivity contribution in [2.24, 2.45) is 0 Å². The second-order valence-corrected chi connectivity index (χ2v) is 4.71. The fourth-order valence-corrected chi connectivity index (χ4v) is 1.67. The summed E-state index contributed by atoms with van der Waals surface area (Å²) < 4.78 is 35.2. The Kier molecular flexibility index (Phi) is 3.60. The van der Waals surface area contributed by atoms with Gasteiger partial charge in [0.15, 0.2) is 0 Å². The maximum Gasteiger partial charge on any atom is 0.298 e. The molecule has 0 saturated heterocycles. The van der Waals surface area contributed by atoms with Crippen LogP contribution in [0.3, 0.4) is 0 Å². The van der Waals surface area contributed by atoms with E-state index in [9.17, 15) is 8.42 Å². The SMILES string of the molecule is O=S(=O)(O)c1ccccc1OC(Cl)Cl. The molecule has 0 aliphatic rings. The molecule has 0 radical (unpaired) electrons. The Morgan fingerprint density at radius 3 is 2.36 bits per heavy atom. The van der Waals surface area contributed by atoms with Crippen LogP contribution in [0.4, 0.5) is 0 Å². The van der Waals surface area contributed by atoms with Gasteiger partial charge >= 0.3 is 0 Å². The van der Waals surface area contributed by atoms with Crippen LogP contribution in [-0.4, -0.2) is 18.0 Å². The van der Waals surface area contributed by atoms with E-state index in [0.29, 0.717) is 0 Å². The summed E-state index contributed by atoms with van der Waals surface area (Å²) in [6, 6.07) is 5.48. The molecule has 0 unspecified atom stereocenters. The van der Waals surface area contributed by atoms with E-state index in [1.165, 1.54) is 24.3 Å². The van der Waals surface area contributed by atoms with Gasteiger partial charge in [-0.05, 0) is 12.1 Å². The number of halogens is 2. The third-order valence-electron chi connectivity index (χ3n) is 1.34. The second-order valence-electron chi connectivity index (χ2n) is 2.30. The van der Waals surface area contributed by atoms with Crippen molar-refractivity contribution < 1.29 is 17.7 Å². The van der Waals surface area contributed by atoms with E-state index in [4.69, 9.17) is 32.5 Å². The summed E-state index contributed by atoms with van der Waals surface area (Å²) in [6.45, 7) is 0. The van der Waals surface area contributed by atoms with Gasteiger partial charge < -0.3 is 4.74 Å². The van der Waals surface area contributed by atoms with Gasteiger partial charge in [0, 0.05) is 0 Å². The van der Waals surface area contributed by atoms with Crippen molar-refractivity contribution in [2.45, 2.75) is 9.92 Å². The maximum atomic E-state index is 10.8. The summed E-state index contributed by atoms with van der Waals surface area (Å²) >= 11 is 10.6. The Balaban J connectivity index is 3.17. The molecule has 0 atom stereocenters.